The number of amides is 1. The molecule has 2 aliphatic rings. The molecule has 2 heterocycles. The van der Waals surface area contributed by atoms with Gasteiger partial charge in [0.2, 0.25) is 0 Å². The molecule has 0 saturated carbocycles. The minimum absolute atomic E-state index is 0.124. The highest BCUT2D eigenvalue weighted by Crippen LogP contribution is 2.46. The number of aryl methyl sites for hydroxylation is 2. The number of aromatic nitrogens is 1. The van der Waals surface area contributed by atoms with E-state index in [0.29, 0.717) is 11.0 Å². The summed E-state index contributed by atoms with van der Waals surface area (Å²) in [6.45, 7) is 3.64. The Labute approximate surface area is 137 Å². The van der Waals surface area contributed by atoms with Crippen LogP contribution in [0.1, 0.15) is 46.4 Å². The van der Waals surface area contributed by atoms with Gasteiger partial charge in [-0.3, -0.25) is 9.78 Å². The summed E-state index contributed by atoms with van der Waals surface area (Å²) >= 11 is 0. The zero-order valence-electron chi connectivity index (χ0n) is 13.6. The molecule has 3 nitrogen and oxygen atoms in total. The van der Waals surface area contributed by atoms with Crippen LogP contribution < -0.4 is 0 Å². The molecular weight excluding hydrogens is 284 g/mol. The fourth-order valence-electron chi connectivity index (χ4n) is 4.20. The molecule has 4 rings (SSSR count). The van der Waals surface area contributed by atoms with Crippen molar-refractivity contribution >= 4 is 5.91 Å². The summed E-state index contributed by atoms with van der Waals surface area (Å²) in [5.41, 5.74) is 5.00. The monoisotopic (exact) mass is 306 g/mol. The second-order valence-electron chi connectivity index (χ2n) is 6.92. The molecule has 1 saturated heterocycles. The van der Waals surface area contributed by atoms with Crippen LogP contribution in [-0.4, -0.2) is 28.9 Å². The maximum atomic E-state index is 12.6. The molecule has 1 aliphatic heterocycles. The lowest BCUT2D eigenvalue weighted by Gasteiger charge is -2.40. The lowest BCUT2D eigenvalue weighted by Crippen LogP contribution is -2.44. The Morgan fingerprint density at radius 3 is 2.61 bits per heavy atom. The van der Waals surface area contributed by atoms with E-state index in [0.717, 1.165) is 31.6 Å². The van der Waals surface area contributed by atoms with Gasteiger partial charge in [0.1, 0.15) is 0 Å². The first-order valence-corrected chi connectivity index (χ1v) is 8.48. The summed E-state index contributed by atoms with van der Waals surface area (Å²) in [4.78, 5) is 18.9. The standard InChI is InChI=1S/C20H22N2O/c1-15-6-7-17(14-21-15)19(23)22-12-10-20(11-13-22)9-8-16-4-2-3-5-18(16)20/h2-7,14H,8-13H2,1H3. The van der Waals surface area contributed by atoms with E-state index < -0.39 is 0 Å². The van der Waals surface area contributed by atoms with Crippen molar-refractivity contribution in [1.29, 1.82) is 0 Å². The van der Waals surface area contributed by atoms with Crippen LogP contribution in [0.5, 0.6) is 0 Å². The fraction of sp³-hybridized carbons (Fsp3) is 0.400. The number of nitrogens with zero attached hydrogens (tertiary/aromatic N) is 2. The highest BCUT2D eigenvalue weighted by molar-refractivity contribution is 5.94. The van der Waals surface area contributed by atoms with Crippen LogP contribution in [-0.2, 0) is 11.8 Å². The number of hydrogen-bond donors (Lipinski definition) is 0. The van der Waals surface area contributed by atoms with Crippen LogP contribution in [0, 0.1) is 6.92 Å². The van der Waals surface area contributed by atoms with Crippen LogP contribution >= 0.6 is 0 Å². The summed E-state index contributed by atoms with van der Waals surface area (Å²) < 4.78 is 0. The predicted octanol–water partition coefficient (Wildman–Crippen LogP) is 3.51. The Kier molecular flexibility index (Phi) is 3.44. The number of piperidine rings is 1. The van der Waals surface area contributed by atoms with Crippen molar-refractivity contribution in [2.24, 2.45) is 0 Å². The molecule has 1 spiro atoms. The maximum absolute atomic E-state index is 12.6. The predicted molar refractivity (Wildman–Crippen MR) is 90.6 cm³/mol. The Hall–Kier alpha value is -2.16. The molecule has 1 aromatic carbocycles. The molecule has 1 aromatic heterocycles. The van der Waals surface area contributed by atoms with E-state index in [1.807, 2.05) is 24.0 Å². The van der Waals surface area contributed by atoms with Crippen LogP contribution in [0.25, 0.3) is 0 Å². The van der Waals surface area contributed by atoms with Gasteiger partial charge in [-0.2, -0.15) is 0 Å². The Morgan fingerprint density at radius 2 is 1.87 bits per heavy atom. The van der Waals surface area contributed by atoms with E-state index in [-0.39, 0.29) is 5.91 Å². The maximum Gasteiger partial charge on any atom is 0.255 e. The minimum Gasteiger partial charge on any atom is -0.339 e. The quantitative estimate of drug-likeness (QED) is 0.808. The summed E-state index contributed by atoms with van der Waals surface area (Å²) in [7, 11) is 0. The summed E-state index contributed by atoms with van der Waals surface area (Å²) in [5, 5.41) is 0. The van der Waals surface area contributed by atoms with Gasteiger partial charge in [0.25, 0.3) is 5.91 Å². The molecule has 23 heavy (non-hydrogen) atoms. The number of carbonyl (C=O) groups excluding carboxylic acids is 1. The molecule has 1 fully saturated rings. The average molecular weight is 306 g/mol. The van der Waals surface area contributed by atoms with Gasteiger partial charge in [-0.1, -0.05) is 24.3 Å². The molecule has 0 bridgehead atoms. The van der Waals surface area contributed by atoms with Gasteiger partial charge in [-0.15, -0.1) is 0 Å². The third kappa shape index (κ3) is 2.44. The van der Waals surface area contributed by atoms with Crippen LogP contribution in [0.3, 0.4) is 0 Å². The van der Waals surface area contributed by atoms with Crippen LogP contribution in [0.4, 0.5) is 0 Å². The van der Waals surface area contributed by atoms with Gasteiger partial charge in [-0.05, 0) is 61.3 Å². The first-order chi connectivity index (χ1) is 11.2. The van der Waals surface area contributed by atoms with Crippen molar-refractivity contribution in [2.75, 3.05) is 13.1 Å². The molecule has 0 N–H and O–H groups in total. The minimum atomic E-state index is 0.124. The largest absolute Gasteiger partial charge is 0.339 e. The lowest BCUT2D eigenvalue weighted by molar-refractivity contribution is 0.0665. The summed E-state index contributed by atoms with van der Waals surface area (Å²) in [6, 6.07) is 12.7. The van der Waals surface area contributed by atoms with E-state index in [4.69, 9.17) is 0 Å². The van der Waals surface area contributed by atoms with Gasteiger partial charge in [-0.25, -0.2) is 0 Å². The molecule has 1 amide bonds. The number of carbonyl (C=O) groups is 1. The van der Waals surface area contributed by atoms with E-state index in [1.165, 1.54) is 24.0 Å². The molecule has 118 valence electrons. The van der Waals surface area contributed by atoms with Crippen molar-refractivity contribution in [3.05, 3.63) is 65.0 Å². The van der Waals surface area contributed by atoms with Crippen LogP contribution in [0.2, 0.25) is 0 Å². The second kappa shape index (κ2) is 5.48. The van der Waals surface area contributed by atoms with Gasteiger partial charge in [0.05, 0.1) is 5.56 Å². The normalized spacial score (nSPS) is 18.9. The number of rotatable bonds is 1. The van der Waals surface area contributed by atoms with E-state index in [2.05, 4.69) is 29.2 Å². The number of hydrogen-bond acceptors (Lipinski definition) is 2. The van der Waals surface area contributed by atoms with Crippen LogP contribution in [0.15, 0.2) is 42.6 Å². The Bertz CT molecular complexity index is 728. The topological polar surface area (TPSA) is 33.2 Å². The highest BCUT2D eigenvalue weighted by atomic mass is 16.2. The smallest absolute Gasteiger partial charge is 0.255 e. The van der Waals surface area contributed by atoms with Crippen molar-refractivity contribution in [3.8, 4) is 0 Å². The van der Waals surface area contributed by atoms with Gasteiger partial charge in [0.15, 0.2) is 0 Å². The molecule has 1 aliphatic carbocycles. The highest BCUT2D eigenvalue weighted by Gasteiger charge is 2.41. The Morgan fingerprint density at radius 1 is 1.09 bits per heavy atom. The zero-order valence-corrected chi connectivity index (χ0v) is 13.6. The first kappa shape index (κ1) is 14.4. The van der Waals surface area contributed by atoms with Gasteiger partial charge >= 0.3 is 0 Å². The second-order valence-corrected chi connectivity index (χ2v) is 6.92. The van der Waals surface area contributed by atoms with Crippen molar-refractivity contribution in [3.63, 3.8) is 0 Å². The fourth-order valence-corrected chi connectivity index (χ4v) is 4.20. The molecule has 0 radical (unpaired) electrons. The van der Waals surface area contributed by atoms with E-state index >= 15 is 0 Å². The molecular formula is C20H22N2O. The summed E-state index contributed by atoms with van der Waals surface area (Å²) in [6.07, 6.45) is 6.28. The van der Waals surface area contributed by atoms with E-state index in [9.17, 15) is 4.79 Å². The lowest BCUT2D eigenvalue weighted by atomic mass is 9.74. The summed E-state index contributed by atoms with van der Waals surface area (Å²) in [5.74, 6) is 0.124. The Balaban J connectivity index is 1.50. The number of pyridine rings is 1. The number of fused-ring (bicyclic) bond motifs is 2. The average Bonchev–Trinajstić information content (AvgIpc) is 2.95. The van der Waals surface area contributed by atoms with Gasteiger partial charge in [0, 0.05) is 25.0 Å². The zero-order chi connectivity index (χ0) is 15.9. The van der Waals surface area contributed by atoms with Crippen molar-refractivity contribution in [1.82, 2.24) is 9.88 Å². The third-order valence-electron chi connectivity index (χ3n) is 5.63. The molecule has 2 aromatic rings. The molecule has 3 heteroatoms. The number of likely N-dealkylation sites (tertiary alicyclic amines) is 1. The number of benzene rings is 1. The third-order valence-corrected chi connectivity index (χ3v) is 5.63. The van der Waals surface area contributed by atoms with Crippen molar-refractivity contribution < 1.29 is 4.79 Å². The van der Waals surface area contributed by atoms with E-state index in [1.54, 1.807) is 6.20 Å². The SMILES string of the molecule is Cc1ccc(C(=O)N2CCC3(CCc4ccccc43)CC2)cn1. The molecule has 0 unspecified atom stereocenters. The van der Waals surface area contributed by atoms with Crippen molar-refractivity contribution in [2.45, 2.75) is 38.0 Å². The van der Waals surface area contributed by atoms with Gasteiger partial charge < -0.3 is 4.90 Å². The molecule has 0 atom stereocenters. The first-order valence-electron chi connectivity index (χ1n) is 8.48.